The van der Waals surface area contributed by atoms with Crippen molar-refractivity contribution in [3.05, 3.63) is 0 Å². The molecule has 0 saturated carbocycles. The summed E-state index contributed by atoms with van der Waals surface area (Å²) in [5, 5.41) is -0.0726. The van der Waals surface area contributed by atoms with Crippen molar-refractivity contribution in [2.45, 2.75) is 36.1 Å². The lowest BCUT2D eigenvalue weighted by Crippen LogP contribution is -2.68. The van der Waals surface area contributed by atoms with Crippen molar-refractivity contribution in [2.75, 3.05) is 7.11 Å². The highest BCUT2D eigenvalue weighted by Crippen LogP contribution is 2.50. The van der Waals surface area contributed by atoms with Crippen LogP contribution in [0.15, 0.2) is 0 Å². The first kappa shape index (κ1) is 10.8. The van der Waals surface area contributed by atoms with Gasteiger partial charge in [-0.05, 0) is 13.8 Å². The highest BCUT2D eigenvalue weighted by atomic mass is 32.2. The molecule has 0 bridgehead atoms. The van der Waals surface area contributed by atoms with Gasteiger partial charge < -0.3 is 15.4 Å². The number of ether oxygens (including phenoxy) is 1. The molecule has 15 heavy (non-hydrogen) atoms. The van der Waals surface area contributed by atoms with Crippen molar-refractivity contribution in [3.63, 3.8) is 0 Å². The number of amides is 1. The Balaban J connectivity index is 2.29. The molecule has 0 aromatic carbocycles. The van der Waals surface area contributed by atoms with Gasteiger partial charge in [-0.2, -0.15) is 0 Å². The van der Waals surface area contributed by atoms with Crippen molar-refractivity contribution in [1.29, 1.82) is 0 Å². The summed E-state index contributed by atoms with van der Waals surface area (Å²) in [5.41, 5.74) is 5.67. The summed E-state index contributed by atoms with van der Waals surface area (Å²) in [6.45, 7) is 3.86. The molecule has 0 aromatic heterocycles. The molecule has 0 spiro atoms. The van der Waals surface area contributed by atoms with Crippen LogP contribution < -0.4 is 5.73 Å². The van der Waals surface area contributed by atoms with Crippen LogP contribution in [0.1, 0.15) is 13.8 Å². The minimum atomic E-state index is -0.509. The Morgan fingerprint density at radius 2 is 2.20 bits per heavy atom. The van der Waals surface area contributed by atoms with Gasteiger partial charge in [-0.25, -0.2) is 4.79 Å². The maximum Gasteiger partial charge on any atom is 0.330 e. The lowest BCUT2D eigenvalue weighted by Gasteiger charge is -2.41. The largest absolute Gasteiger partial charge is 0.467 e. The maximum atomic E-state index is 11.6. The molecule has 0 aliphatic carbocycles. The summed E-state index contributed by atoms with van der Waals surface area (Å²) < 4.78 is 4.39. The van der Waals surface area contributed by atoms with Crippen molar-refractivity contribution in [2.24, 2.45) is 5.73 Å². The third-order valence-electron chi connectivity index (χ3n) is 2.91. The van der Waals surface area contributed by atoms with Crippen molar-refractivity contribution < 1.29 is 14.3 Å². The second-order valence-electron chi connectivity index (χ2n) is 4.31. The molecule has 2 fully saturated rings. The molecule has 5 nitrogen and oxygen atoms in total. The van der Waals surface area contributed by atoms with E-state index in [1.807, 2.05) is 13.8 Å². The molecule has 2 aliphatic rings. The third-order valence-corrected chi connectivity index (χ3v) is 4.50. The Morgan fingerprint density at radius 3 is 2.73 bits per heavy atom. The van der Waals surface area contributed by atoms with Crippen LogP contribution >= 0.6 is 11.8 Å². The number of fused-ring (bicyclic) bond motifs is 1. The first-order valence-corrected chi connectivity index (χ1v) is 5.61. The summed E-state index contributed by atoms with van der Waals surface area (Å²) in [6.07, 6.45) is 0. The minimum Gasteiger partial charge on any atom is -0.467 e. The number of carbonyl (C=O) groups excluding carboxylic acids is 2. The number of thioether (sulfide) groups is 1. The Hall–Kier alpha value is -0.750. The molecular formula is C9H14N2O3S. The molecule has 84 valence electrons. The van der Waals surface area contributed by atoms with E-state index in [2.05, 4.69) is 0 Å². The standard InChI is InChI=1S/C9H14N2O3S/c1-9(2)5(8(13)14-3)11-6(12)4(10)7(11)15-9/h4-5,7H,10H2,1-3H3/t4-,5+,7-/m1/s1. The Morgan fingerprint density at radius 1 is 1.60 bits per heavy atom. The topological polar surface area (TPSA) is 72.6 Å². The molecule has 0 unspecified atom stereocenters. The van der Waals surface area contributed by atoms with Gasteiger partial charge in [0.25, 0.3) is 0 Å². The number of hydrogen-bond acceptors (Lipinski definition) is 5. The second-order valence-corrected chi connectivity index (χ2v) is 6.08. The maximum absolute atomic E-state index is 11.6. The molecule has 2 N–H and O–H groups in total. The summed E-state index contributed by atoms with van der Waals surface area (Å²) in [5.74, 6) is -0.524. The normalized spacial score (nSPS) is 37.2. The Bertz CT molecular complexity index is 331. The van der Waals surface area contributed by atoms with Gasteiger partial charge in [0.1, 0.15) is 17.5 Å². The first-order valence-electron chi connectivity index (χ1n) is 4.73. The van der Waals surface area contributed by atoms with Crippen LogP contribution in [0.2, 0.25) is 0 Å². The third kappa shape index (κ3) is 1.28. The molecule has 6 heteroatoms. The minimum absolute atomic E-state index is 0.0726. The summed E-state index contributed by atoms with van der Waals surface area (Å²) in [7, 11) is 1.33. The van der Waals surface area contributed by atoms with Gasteiger partial charge in [-0.1, -0.05) is 0 Å². The number of rotatable bonds is 1. The van der Waals surface area contributed by atoms with E-state index in [9.17, 15) is 9.59 Å². The van der Waals surface area contributed by atoms with E-state index in [0.29, 0.717) is 0 Å². The van der Waals surface area contributed by atoms with Gasteiger partial charge in [0.15, 0.2) is 0 Å². The zero-order valence-electron chi connectivity index (χ0n) is 8.89. The lowest BCUT2D eigenvalue weighted by molar-refractivity contribution is -0.160. The molecular weight excluding hydrogens is 216 g/mol. The Kier molecular flexibility index (Phi) is 2.24. The molecule has 2 saturated heterocycles. The first-order chi connectivity index (χ1) is 6.90. The smallest absolute Gasteiger partial charge is 0.330 e. The quantitative estimate of drug-likeness (QED) is 0.488. The van der Waals surface area contributed by atoms with Gasteiger partial charge in [-0.15, -0.1) is 11.8 Å². The SMILES string of the molecule is COC(=O)[C@@H]1N2C(=O)[C@@H](N)[C@H]2SC1(C)C. The van der Waals surface area contributed by atoms with Crippen molar-refractivity contribution >= 4 is 23.6 Å². The van der Waals surface area contributed by atoms with Gasteiger partial charge in [0, 0.05) is 4.75 Å². The fraction of sp³-hybridized carbons (Fsp3) is 0.778. The van der Waals surface area contributed by atoms with E-state index in [1.54, 1.807) is 16.7 Å². The zero-order chi connectivity index (χ0) is 11.4. The van der Waals surface area contributed by atoms with Crippen LogP contribution in [0.3, 0.4) is 0 Å². The average Bonchev–Trinajstić information content (AvgIpc) is 2.45. The number of esters is 1. The van der Waals surface area contributed by atoms with Crippen LogP contribution in [0.25, 0.3) is 0 Å². The predicted octanol–water partition coefficient (Wildman–Crippen LogP) is -0.451. The zero-order valence-corrected chi connectivity index (χ0v) is 9.71. The Labute approximate surface area is 92.3 Å². The number of methoxy groups -OCH3 is 1. The second kappa shape index (κ2) is 3.12. The summed E-state index contributed by atoms with van der Waals surface area (Å²) in [4.78, 5) is 24.7. The highest BCUT2D eigenvalue weighted by Gasteiger charge is 2.62. The molecule has 2 aliphatic heterocycles. The highest BCUT2D eigenvalue weighted by molar-refractivity contribution is 8.01. The molecule has 0 radical (unpaired) electrons. The van der Waals surface area contributed by atoms with Gasteiger partial charge in [-0.3, -0.25) is 4.79 Å². The van der Waals surface area contributed by atoms with E-state index in [1.165, 1.54) is 7.11 Å². The number of nitrogens with two attached hydrogens (primary N) is 1. The summed E-state index contributed by atoms with van der Waals surface area (Å²) >= 11 is 1.56. The van der Waals surface area contributed by atoms with Crippen LogP contribution in [0, 0.1) is 0 Å². The van der Waals surface area contributed by atoms with E-state index in [-0.39, 0.29) is 22.0 Å². The number of hydrogen-bond donors (Lipinski definition) is 1. The predicted molar refractivity (Wildman–Crippen MR) is 56.1 cm³/mol. The van der Waals surface area contributed by atoms with Crippen LogP contribution in [0.4, 0.5) is 0 Å². The van der Waals surface area contributed by atoms with E-state index in [4.69, 9.17) is 10.5 Å². The van der Waals surface area contributed by atoms with Gasteiger partial charge in [0.2, 0.25) is 5.91 Å². The van der Waals surface area contributed by atoms with Gasteiger partial charge in [0.05, 0.1) is 7.11 Å². The van der Waals surface area contributed by atoms with E-state index < -0.39 is 12.1 Å². The molecule has 2 heterocycles. The van der Waals surface area contributed by atoms with Crippen LogP contribution in [-0.4, -0.2) is 46.1 Å². The molecule has 0 aromatic rings. The fourth-order valence-electron chi connectivity index (χ4n) is 2.13. The van der Waals surface area contributed by atoms with Crippen molar-refractivity contribution in [3.8, 4) is 0 Å². The van der Waals surface area contributed by atoms with Crippen LogP contribution in [0.5, 0.6) is 0 Å². The fourth-order valence-corrected chi connectivity index (χ4v) is 3.70. The number of β-lactam (4-membered cyclic amide) rings is 1. The van der Waals surface area contributed by atoms with Gasteiger partial charge >= 0.3 is 5.97 Å². The van der Waals surface area contributed by atoms with Crippen molar-refractivity contribution in [1.82, 2.24) is 4.90 Å². The molecule has 3 atom stereocenters. The summed E-state index contributed by atoms with van der Waals surface area (Å²) in [6, 6.07) is -0.978. The van der Waals surface area contributed by atoms with E-state index in [0.717, 1.165) is 0 Å². The van der Waals surface area contributed by atoms with E-state index >= 15 is 0 Å². The molecule has 1 amide bonds. The number of carbonyl (C=O) groups is 2. The molecule has 2 rings (SSSR count). The number of nitrogens with zero attached hydrogens (tertiary/aromatic N) is 1. The monoisotopic (exact) mass is 230 g/mol. The van der Waals surface area contributed by atoms with Crippen LogP contribution in [-0.2, 0) is 14.3 Å². The average molecular weight is 230 g/mol. The lowest BCUT2D eigenvalue weighted by atomic mass is 9.96.